The molecule has 1 aliphatic heterocycles. The fourth-order valence-corrected chi connectivity index (χ4v) is 3.78. The van der Waals surface area contributed by atoms with Gasteiger partial charge >= 0.3 is 0 Å². The van der Waals surface area contributed by atoms with Gasteiger partial charge in [0.2, 0.25) is 0 Å². The molecule has 2 atom stereocenters. The van der Waals surface area contributed by atoms with E-state index < -0.39 is 0 Å². The second kappa shape index (κ2) is 5.86. The molecule has 2 unspecified atom stereocenters. The van der Waals surface area contributed by atoms with E-state index in [1.807, 2.05) is 4.90 Å². The molecule has 3 rings (SSSR count). The van der Waals surface area contributed by atoms with Crippen molar-refractivity contribution in [2.45, 2.75) is 32.1 Å². The molecule has 0 spiro atoms. The first-order valence-corrected chi connectivity index (χ1v) is 7.88. The summed E-state index contributed by atoms with van der Waals surface area (Å²) in [5.74, 6) is 1.36. The molecule has 0 N–H and O–H groups in total. The van der Waals surface area contributed by atoms with Crippen LogP contribution in [0.15, 0.2) is 6.07 Å². The molecule has 2 fully saturated rings. The lowest BCUT2D eigenvalue weighted by Crippen LogP contribution is -2.44. The van der Waals surface area contributed by atoms with Crippen LogP contribution in [0.1, 0.15) is 42.5 Å². The first-order valence-electron chi connectivity index (χ1n) is 7.13. The maximum atomic E-state index is 12.6. The Balaban J connectivity index is 1.76. The molecule has 1 amide bonds. The number of amides is 1. The van der Waals surface area contributed by atoms with E-state index in [9.17, 15) is 4.79 Å². The Morgan fingerprint density at radius 1 is 1.15 bits per heavy atom. The van der Waals surface area contributed by atoms with E-state index >= 15 is 0 Å². The van der Waals surface area contributed by atoms with Crippen LogP contribution in [0, 0.1) is 11.8 Å². The van der Waals surface area contributed by atoms with E-state index in [4.69, 9.17) is 23.2 Å². The lowest BCUT2D eigenvalue weighted by Gasteiger charge is -2.41. The van der Waals surface area contributed by atoms with Gasteiger partial charge in [0.15, 0.2) is 10.3 Å². The number of likely N-dealkylation sites (tertiary alicyclic amines) is 1. The molecule has 0 aromatic carbocycles. The molecule has 1 aromatic rings. The number of aromatic nitrogens is 2. The summed E-state index contributed by atoms with van der Waals surface area (Å²) in [6.45, 7) is 1.63. The Morgan fingerprint density at radius 2 is 1.90 bits per heavy atom. The smallest absolute Gasteiger partial charge is 0.257 e. The number of carbonyl (C=O) groups is 1. The summed E-state index contributed by atoms with van der Waals surface area (Å²) in [4.78, 5) is 14.5. The van der Waals surface area contributed by atoms with Gasteiger partial charge < -0.3 is 4.90 Å². The molecular formula is C14H17Cl2N3O. The highest BCUT2D eigenvalue weighted by Crippen LogP contribution is 2.36. The Labute approximate surface area is 128 Å². The topological polar surface area (TPSA) is 46.1 Å². The third-order valence-electron chi connectivity index (χ3n) is 4.53. The minimum absolute atomic E-state index is 0.0733. The molecule has 4 nitrogen and oxygen atoms in total. The molecule has 1 saturated heterocycles. The zero-order valence-electron chi connectivity index (χ0n) is 11.2. The highest BCUT2D eigenvalue weighted by atomic mass is 35.5. The minimum Gasteiger partial charge on any atom is -0.338 e. The van der Waals surface area contributed by atoms with Gasteiger partial charge in [-0.05, 0) is 30.7 Å². The van der Waals surface area contributed by atoms with Gasteiger partial charge in [-0.25, -0.2) is 0 Å². The molecule has 1 aromatic heterocycles. The zero-order chi connectivity index (χ0) is 14.1. The lowest BCUT2D eigenvalue weighted by molar-refractivity contribution is 0.0520. The van der Waals surface area contributed by atoms with Crippen LogP contribution in [-0.2, 0) is 0 Å². The first kappa shape index (κ1) is 14.1. The molecule has 20 heavy (non-hydrogen) atoms. The number of carbonyl (C=O) groups excluding carboxylic acids is 1. The molecule has 1 aliphatic carbocycles. The van der Waals surface area contributed by atoms with E-state index in [1.54, 1.807) is 0 Å². The van der Waals surface area contributed by atoms with Gasteiger partial charge in [0.1, 0.15) is 0 Å². The number of piperidine rings is 1. The largest absolute Gasteiger partial charge is 0.338 e. The van der Waals surface area contributed by atoms with Crippen molar-refractivity contribution >= 4 is 29.1 Å². The maximum absolute atomic E-state index is 12.6. The summed E-state index contributed by atoms with van der Waals surface area (Å²) in [6, 6.07) is 1.51. The van der Waals surface area contributed by atoms with Crippen LogP contribution in [0.2, 0.25) is 10.3 Å². The van der Waals surface area contributed by atoms with Crippen molar-refractivity contribution in [1.29, 1.82) is 0 Å². The van der Waals surface area contributed by atoms with Crippen molar-refractivity contribution in [2.75, 3.05) is 13.1 Å². The molecule has 0 radical (unpaired) electrons. The Kier molecular flexibility index (Phi) is 4.13. The molecule has 2 heterocycles. The molecule has 1 saturated carbocycles. The highest BCUT2D eigenvalue weighted by Gasteiger charge is 2.33. The van der Waals surface area contributed by atoms with Crippen molar-refractivity contribution in [3.63, 3.8) is 0 Å². The van der Waals surface area contributed by atoms with Crippen LogP contribution < -0.4 is 0 Å². The second-order valence-electron chi connectivity index (χ2n) is 5.72. The van der Waals surface area contributed by atoms with Crippen LogP contribution >= 0.6 is 23.2 Å². The van der Waals surface area contributed by atoms with Crippen molar-refractivity contribution < 1.29 is 4.79 Å². The van der Waals surface area contributed by atoms with E-state index in [-0.39, 0.29) is 16.2 Å². The van der Waals surface area contributed by atoms with Gasteiger partial charge in [-0.3, -0.25) is 4.79 Å². The normalized spacial score (nSPS) is 26.2. The molecule has 2 aliphatic rings. The third kappa shape index (κ3) is 2.77. The lowest BCUT2D eigenvalue weighted by atomic mass is 9.75. The average molecular weight is 314 g/mol. The standard InChI is InChI=1S/C14H17Cl2N3O/c15-12-7-11(13(16)18-17-12)14(20)19-6-5-9-3-1-2-4-10(9)8-19/h7,9-10H,1-6,8H2. The molecular weight excluding hydrogens is 297 g/mol. The summed E-state index contributed by atoms with van der Waals surface area (Å²) in [6.07, 6.45) is 6.27. The second-order valence-corrected chi connectivity index (χ2v) is 6.46. The van der Waals surface area contributed by atoms with E-state index in [1.165, 1.54) is 31.7 Å². The van der Waals surface area contributed by atoms with E-state index in [2.05, 4.69) is 10.2 Å². The van der Waals surface area contributed by atoms with Gasteiger partial charge in [-0.2, -0.15) is 0 Å². The minimum atomic E-state index is -0.0733. The molecule has 108 valence electrons. The number of hydrogen-bond acceptors (Lipinski definition) is 3. The molecule has 0 bridgehead atoms. The summed E-state index contributed by atoms with van der Waals surface area (Å²) in [7, 11) is 0. The third-order valence-corrected chi connectivity index (χ3v) is 4.99. The number of halogens is 2. The number of hydrogen-bond donors (Lipinski definition) is 0. The van der Waals surface area contributed by atoms with Gasteiger partial charge in [0.05, 0.1) is 5.56 Å². The maximum Gasteiger partial charge on any atom is 0.257 e. The van der Waals surface area contributed by atoms with E-state index in [0.29, 0.717) is 11.5 Å². The van der Waals surface area contributed by atoms with Crippen LogP contribution in [0.3, 0.4) is 0 Å². The Bertz CT molecular complexity index is 523. The monoisotopic (exact) mass is 313 g/mol. The van der Waals surface area contributed by atoms with Crippen LogP contribution in [0.25, 0.3) is 0 Å². The van der Waals surface area contributed by atoms with Gasteiger partial charge in [0, 0.05) is 13.1 Å². The van der Waals surface area contributed by atoms with Gasteiger partial charge in [0.25, 0.3) is 5.91 Å². The average Bonchev–Trinajstić information content (AvgIpc) is 2.48. The first-order chi connectivity index (χ1) is 9.65. The summed E-state index contributed by atoms with van der Waals surface area (Å²) >= 11 is 11.8. The van der Waals surface area contributed by atoms with Crippen molar-refractivity contribution in [3.8, 4) is 0 Å². The van der Waals surface area contributed by atoms with Crippen molar-refractivity contribution in [3.05, 3.63) is 21.9 Å². The quantitative estimate of drug-likeness (QED) is 0.798. The van der Waals surface area contributed by atoms with Gasteiger partial charge in [-0.15, -0.1) is 10.2 Å². The number of nitrogens with zero attached hydrogens (tertiary/aromatic N) is 3. The molecule has 6 heteroatoms. The SMILES string of the molecule is O=C(c1cc(Cl)nnc1Cl)N1CCC2CCCCC2C1. The zero-order valence-corrected chi connectivity index (χ0v) is 12.7. The van der Waals surface area contributed by atoms with Crippen molar-refractivity contribution in [2.24, 2.45) is 11.8 Å². The number of rotatable bonds is 1. The van der Waals surface area contributed by atoms with Crippen molar-refractivity contribution in [1.82, 2.24) is 15.1 Å². The summed E-state index contributed by atoms with van der Waals surface area (Å²) in [5, 5.41) is 7.69. The summed E-state index contributed by atoms with van der Waals surface area (Å²) < 4.78 is 0. The predicted molar refractivity (Wildman–Crippen MR) is 78.0 cm³/mol. The van der Waals surface area contributed by atoms with Crippen LogP contribution in [-0.4, -0.2) is 34.1 Å². The predicted octanol–water partition coefficient (Wildman–Crippen LogP) is 3.44. The highest BCUT2D eigenvalue weighted by molar-refractivity contribution is 6.34. The Morgan fingerprint density at radius 3 is 2.70 bits per heavy atom. The summed E-state index contributed by atoms with van der Waals surface area (Å²) in [5.41, 5.74) is 0.362. The fraction of sp³-hybridized carbons (Fsp3) is 0.643. The van der Waals surface area contributed by atoms with Crippen LogP contribution in [0.4, 0.5) is 0 Å². The Hall–Kier alpha value is -0.870. The van der Waals surface area contributed by atoms with E-state index in [0.717, 1.165) is 25.4 Å². The van der Waals surface area contributed by atoms with Crippen LogP contribution in [0.5, 0.6) is 0 Å². The fourth-order valence-electron chi connectivity index (χ4n) is 3.46. The number of fused-ring (bicyclic) bond motifs is 1. The van der Waals surface area contributed by atoms with Gasteiger partial charge in [-0.1, -0.05) is 42.5 Å².